The molecule has 0 bridgehead atoms. The van der Waals surface area contributed by atoms with Gasteiger partial charge in [-0.05, 0) is 68.3 Å². The highest BCUT2D eigenvalue weighted by Crippen LogP contribution is 2.39. The molecule has 0 aromatic heterocycles. The fraction of sp³-hybridized carbons (Fsp3) is 0.154. The van der Waals surface area contributed by atoms with Crippen LogP contribution in [0.15, 0.2) is 67.1 Å². The van der Waals surface area contributed by atoms with Crippen LogP contribution < -0.4 is 29.7 Å². The largest absolute Gasteiger partial charge is 0.493 e. The van der Waals surface area contributed by atoms with Crippen LogP contribution in [0.2, 0.25) is 0 Å². The van der Waals surface area contributed by atoms with E-state index in [1.807, 2.05) is 0 Å². The van der Waals surface area contributed by atoms with E-state index in [9.17, 15) is 14.4 Å². The van der Waals surface area contributed by atoms with Crippen molar-refractivity contribution in [1.29, 1.82) is 0 Å². The van der Waals surface area contributed by atoms with E-state index in [0.29, 0.717) is 30.3 Å². The van der Waals surface area contributed by atoms with Crippen molar-refractivity contribution in [2.45, 2.75) is 0 Å². The molecule has 0 aliphatic carbocycles. The minimum absolute atomic E-state index is 0.149. The average molecular weight is 728 g/mol. The maximum Gasteiger partial charge on any atom is 0.343 e. The van der Waals surface area contributed by atoms with Crippen LogP contribution in [0, 0.1) is 0 Å². The van der Waals surface area contributed by atoms with Gasteiger partial charge >= 0.3 is 5.97 Å². The molecule has 0 atom stereocenters. The topological polar surface area (TPSA) is 125 Å². The van der Waals surface area contributed by atoms with E-state index in [-0.39, 0.29) is 29.4 Å². The summed E-state index contributed by atoms with van der Waals surface area (Å²) >= 11 is 10.1. The lowest BCUT2D eigenvalue weighted by atomic mass is 10.1. The molecule has 2 N–H and O–H groups in total. The lowest BCUT2D eigenvalue weighted by Gasteiger charge is -2.15. The molecule has 2 amide bonds. The average Bonchev–Trinajstić information content (AvgIpc) is 2.92. The van der Waals surface area contributed by atoms with Crippen LogP contribution in [-0.4, -0.2) is 51.9 Å². The summed E-state index contributed by atoms with van der Waals surface area (Å²) in [5.41, 5.74) is 3.25. The summed E-state index contributed by atoms with van der Waals surface area (Å²) in [6.45, 7) is -0.303. The molecular formula is C26H22Br3N3O7. The first-order chi connectivity index (χ1) is 18.7. The molecule has 0 spiro atoms. The van der Waals surface area contributed by atoms with E-state index in [4.69, 9.17) is 18.9 Å². The summed E-state index contributed by atoms with van der Waals surface area (Å²) < 4.78 is 23.3. The summed E-state index contributed by atoms with van der Waals surface area (Å²) in [6, 6.07) is 13.1. The number of hydrogen-bond donors (Lipinski definition) is 2. The maximum absolute atomic E-state index is 13.0. The Morgan fingerprint density at radius 2 is 1.54 bits per heavy atom. The Kier molecular flexibility index (Phi) is 10.9. The molecule has 13 heteroatoms. The number of carbonyl (C=O) groups excluding carboxylic acids is 3. The van der Waals surface area contributed by atoms with Crippen LogP contribution in [0.1, 0.15) is 26.3 Å². The maximum atomic E-state index is 13.0. The fourth-order valence-corrected chi connectivity index (χ4v) is 5.05. The number of hydrazone groups is 1. The molecule has 39 heavy (non-hydrogen) atoms. The Labute approximate surface area is 249 Å². The summed E-state index contributed by atoms with van der Waals surface area (Å²) in [6.07, 6.45) is 1.31. The quantitative estimate of drug-likeness (QED) is 0.129. The van der Waals surface area contributed by atoms with Gasteiger partial charge < -0.3 is 24.3 Å². The summed E-state index contributed by atoms with van der Waals surface area (Å²) in [5, 5.41) is 6.46. The van der Waals surface area contributed by atoms with Crippen molar-refractivity contribution in [3.63, 3.8) is 0 Å². The number of amides is 2. The number of carbonyl (C=O) groups is 3. The SMILES string of the molecule is COc1cc(C(=O)Oc2c(Br)cc(Br)cc2/C=N/NC(=O)CNC(=O)c2ccccc2Br)cc(OC)c1OC. The first-order valence-electron chi connectivity index (χ1n) is 11.0. The third-order valence-electron chi connectivity index (χ3n) is 5.05. The van der Waals surface area contributed by atoms with Crippen LogP contribution in [0.3, 0.4) is 0 Å². The number of nitrogens with zero attached hydrogens (tertiary/aromatic N) is 1. The van der Waals surface area contributed by atoms with E-state index in [2.05, 4.69) is 63.6 Å². The van der Waals surface area contributed by atoms with Crippen LogP contribution in [-0.2, 0) is 4.79 Å². The van der Waals surface area contributed by atoms with Gasteiger partial charge in [-0.15, -0.1) is 0 Å². The van der Waals surface area contributed by atoms with E-state index >= 15 is 0 Å². The number of halogens is 3. The zero-order chi connectivity index (χ0) is 28.5. The van der Waals surface area contributed by atoms with Gasteiger partial charge in [0.2, 0.25) is 5.75 Å². The lowest BCUT2D eigenvalue weighted by Crippen LogP contribution is -2.35. The predicted molar refractivity (Wildman–Crippen MR) is 155 cm³/mol. The summed E-state index contributed by atoms with van der Waals surface area (Å²) in [4.78, 5) is 37.5. The van der Waals surface area contributed by atoms with Crippen LogP contribution in [0.25, 0.3) is 0 Å². The van der Waals surface area contributed by atoms with Crippen LogP contribution in [0.4, 0.5) is 0 Å². The Morgan fingerprint density at radius 1 is 0.872 bits per heavy atom. The first kappa shape index (κ1) is 30.1. The molecule has 3 aromatic rings. The van der Waals surface area contributed by atoms with Crippen molar-refractivity contribution in [2.24, 2.45) is 5.10 Å². The molecule has 10 nitrogen and oxygen atoms in total. The second-order valence-corrected chi connectivity index (χ2v) is 10.2. The number of rotatable bonds is 10. The number of esters is 1. The van der Waals surface area contributed by atoms with Gasteiger partial charge in [0, 0.05) is 14.5 Å². The van der Waals surface area contributed by atoms with E-state index in [0.717, 1.165) is 0 Å². The van der Waals surface area contributed by atoms with E-state index in [1.54, 1.807) is 36.4 Å². The van der Waals surface area contributed by atoms with E-state index in [1.165, 1.54) is 39.7 Å². The number of benzene rings is 3. The Hall–Kier alpha value is -3.42. The van der Waals surface area contributed by atoms with Gasteiger partial charge in [-0.3, -0.25) is 9.59 Å². The smallest absolute Gasteiger partial charge is 0.343 e. The molecule has 204 valence electrons. The second kappa shape index (κ2) is 14.1. The highest BCUT2D eigenvalue weighted by atomic mass is 79.9. The minimum atomic E-state index is -0.703. The first-order valence-corrected chi connectivity index (χ1v) is 13.4. The third-order valence-corrected chi connectivity index (χ3v) is 6.79. The van der Waals surface area contributed by atoms with Crippen molar-refractivity contribution in [3.8, 4) is 23.0 Å². The van der Waals surface area contributed by atoms with Crippen molar-refractivity contribution in [1.82, 2.24) is 10.7 Å². The van der Waals surface area contributed by atoms with Gasteiger partial charge in [0.15, 0.2) is 17.2 Å². The van der Waals surface area contributed by atoms with Crippen molar-refractivity contribution < 1.29 is 33.3 Å². The number of hydrogen-bond acceptors (Lipinski definition) is 8. The fourth-order valence-electron chi connectivity index (χ4n) is 3.25. The van der Waals surface area contributed by atoms with Gasteiger partial charge in [0.05, 0.1) is 49.7 Å². The molecule has 0 aliphatic rings. The molecule has 0 saturated heterocycles. The minimum Gasteiger partial charge on any atom is -0.493 e. The monoisotopic (exact) mass is 725 g/mol. The van der Waals surface area contributed by atoms with Gasteiger partial charge in [-0.2, -0.15) is 5.10 Å². The number of ether oxygens (including phenoxy) is 4. The molecule has 3 rings (SSSR count). The summed E-state index contributed by atoms with van der Waals surface area (Å²) in [5.74, 6) is -0.625. The predicted octanol–water partition coefficient (Wildman–Crippen LogP) is 5.10. The zero-order valence-corrected chi connectivity index (χ0v) is 25.6. The molecule has 0 unspecified atom stereocenters. The molecule has 0 radical (unpaired) electrons. The van der Waals surface area contributed by atoms with Crippen molar-refractivity contribution in [3.05, 3.63) is 78.6 Å². The highest BCUT2D eigenvalue weighted by molar-refractivity contribution is 9.11. The third kappa shape index (κ3) is 7.80. The number of nitrogens with one attached hydrogen (secondary N) is 2. The molecule has 0 fully saturated rings. The normalized spacial score (nSPS) is 10.6. The molecule has 0 saturated carbocycles. The highest BCUT2D eigenvalue weighted by Gasteiger charge is 2.21. The van der Waals surface area contributed by atoms with Crippen molar-refractivity contribution >= 4 is 71.8 Å². The second-order valence-electron chi connectivity index (χ2n) is 7.57. The Morgan fingerprint density at radius 3 is 2.15 bits per heavy atom. The van der Waals surface area contributed by atoms with Gasteiger partial charge in [-0.25, -0.2) is 10.2 Å². The lowest BCUT2D eigenvalue weighted by molar-refractivity contribution is -0.120. The standard InChI is InChI=1S/C26H22Br3N3O7/c1-36-20-9-14(10-21(37-2)24(20)38-3)26(35)39-23-15(8-16(27)11-19(23)29)12-31-32-22(33)13-30-25(34)17-6-4-5-7-18(17)28/h4-12H,13H2,1-3H3,(H,30,34)(H,32,33)/b31-12+. The molecule has 0 heterocycles. The molecule has 0 aliphatic heterocycles. The Balaban J connectivity index is 1.73. The van der Waals surface area contributed by atoms with Crippen LogP contribution >= 0.6 is 47.8 Å². The van der Waals surface area contributed by atoms with Gasteiger partial charge in [-0.1, -0.05) is 28.1 Å². The Bertz CT molecular complexity index is 1400. The van der Waals surface area contributed by atoms with Gasteiger partial charge in [0.1, 0.15) is 0 Å². The van der Waals surface area contributed by atoms with E-state index < -0.39 is 17.8 Å². The zero-order valence-electron chi connectivity index (χ0n) is 20.8. The molecular weight excluding hydrogens is 706 g/mol. The summed E-state index contributed by atoms with van der Waals surface area (Å²) in [7, 11) is 4.33. The number of methoxy groups -OCH3 is 3. The van der Waals surface area contributed by atoms with Crippen molar-refractivity contribution in [2.75, 3.05) is 27.9 Å². The van der Waals surface area contributed by atoms with Crippen LogP contribution in [0.5, 0.6) is 23.0 Å². The van der Waals surface area contributed by atoms with Gasteiger partial charge in [0.25, 0.3) is 11.8 Å². The molecule has 3 aromatic carbocycles.